The summed E-state index contributed by atoms with van der Waals surface area (Å²) in [7, 11) is -3.13. The molecule has 1 aromatic rings. The molecule has 0 saturated carbocycles. The second-order valence-corrected chi connectivity index (χ2v) is 7.38. The number of likely N-dealkylation sites (N-methyl/N-ethyl adjacent to an activating group) is 1. The molecule has 0 aliphatic carbocycles. The lowest BCUT2D eigenvalue weighted by Gasteiger charge is -2.26. The lowest BCUT2D eigenvalue weighted by molar-refractivity contribution is -0.144. The van der Waals surface area contributed by atoms with E-state index in [0.717, 1.165) is 0 Å². The van der Waals surface area contributed by atoms with E-state index < -0.39 is 27.7 Å². The van der Waals surface area contributed by atoms with Gasteiger partial charge in [-0.2, -0.15) is 0 Å². The van der Waals surface area contributed by atoms with Gasteiger partial charge in [-0.1, -0.05) is 6.07 Å². The summed E-state index contributed by atoms with van der Waals surface area (Å²) in [6, 6.07) is 5.38. The number of hydrogen-bond donors (Lipinski definition) is 2. The summed E-state index contributed by atoms with van der Waals surface area (Å²) in [6.07, 6.45) is 0.349. The Morgan fingerprint density at radius 3 is 2.68 bits per heavy atom. The smallest absolute Gasteiger partial charge is 0.313 e. The molecule has 2 amide bonds. The molecular weight excluding hydrogens is 308 g/mol. The number of benzene rings is 1. The van der Waals surface area contributed by atoms with Crippen molar-refractivity contribution in [3.05, 3.63) is 24.3 Å². The van der Waals surface area contributed by atoms with Crippen molar-refractivity contribution in [2.45, 2.75) is 19.4 Å². The van der Waals surface area contributed by atoms with Crippen molar-refractivity contribution < 1.29 is 23.1 Å². The minimum atomic E-state index is -3.13. The van der Waals surface area contributed by atoms with Gasteiger partial charge in [-0.05, 0) is 25.5 Å². The molecule has 120 valence electrons. The van der Waals surface area contributed by atoms with Crippen LogP contribution in [0.3, 0.4) is 0 Å². The van der Waals surface area contributed by atoms with Crippen molar-refractivity contribution in [1.29, 1.82) is 0 Å². The Morgan fingerprint density at radius 1 is 1.41 bits per heavy atom. The third-order valence-corrected chi connectivity index (χ3v) is 5.30. The van der Waals surface area contributed by atoms with E-state index >= 15 is 0 Å². The average molecular weight is 326 g/mol. The Morgan fingerprint density at radius 2 is 2.14 bits per heavy atom. The number of carbonyl (C=O) groups excluding carboxylic acids is 2. The number of phenolic OH excluding ortho intramolecular Hbond substituents is 1. The highest BCUT2D eigenvalue weighted by molar-refractivity contribution is 7.91. The molecule has 1 aromatic carbocycles. The van der Waals surface area contributed by atoms with E-state index in [1.165, 1.54) is 23.1 Å². The molecule has 1 saturated heterocycles. The number of phenols is 1. The standard InChI is InChI=1S/C14H18N2O5S/c1-2-16(11-6-7-22(20,21)9-11)14(19)13(18)15-10-4-3-5-12(17)8-10/h3-5,8,11,17H,2,6-7,9H2,1H3,(H,15,18). The summed E-state index contributed by atoms with van der Waals surface area (Å²) in [5, 5.41) is 11.7. The lowest BCUT2D eigenvalue weighted by Crippen LogP contribution is -2.46. The van der Waals surface area contributed by atoms with Crippen LogP contribution in [0, 0.1) is 0 Å². The van der Waals surface area contributed by atoms with E-state index in [9.17, 15) is 23.1 Å². The summed E-state index contributed by atoms with van der Waals surface area (Å²) < 4.78 is 23.0. The van der Waals surface area contributed by atoms with Crippen LogP contribution in [0.15, 0.2) is 24.3 Å². The summed E-state index contributed by atoms with van der Waals surface area (Å²) in [5.41, 5.74) is 0.299. The van der Waals surface area contributed by atoms with E-state index in [0.29, 0.717) is 12.1 Å². The number of amides is 2. The third kappa shape index (κ3) is 3.76. The van der Waals surface area contributed by atoms with E-state index in [1.807, 2.05) is 0 Å². The first-order chi connectivity index (χ1) is 10.3. The number of hydrogen-bond acceptors (Lipinski definition) is 5. The number of anilines is 1. The highest BCUT2D eigenvalue weighted by atomic mass is 32.2. The van der Waals surface area contributed by atoms with Gasteiger partial charge < -0.3 is 15.3 Å². The molecule has 1 aliphatic rings. The summed E-state index contributed by atoms with van der Waals surface area (Å²) in [6.45, 7) is 1.96. The number of nitrogens with one attached hydrogen (secondary N) is 1. The fourth-order valence-electron chi connectivity index (χ4n) is 2.49. The maximum absolute atomic E-state index is 12.2. The van der Waals surface area contributed by atoms with E-state index in [-0.39, 0.29) is 23.8 Å². The number of aromatic hydroxyl groups is 1. The predicted molar refractivity (Wildman–Crippen MR) is 81.2 cm³/mol. The van der Waals surface area contributed by atoms with Gasteiger partial charge in [0.25, 0.3) is 0 Å². The molecule has 7 nitrogen and oxygen atoms in total. The molecule has 1 unspecified atom stereocenters. The van der Waals surface area contributed by atoms with Crippen molar-refractivity contribution in [2.75, 3.05) is 23.4 Å². The normalized spacial score (nSPS) is 19.6. The zero-order chi connectivity index (χ0) is 16.3. The minimum absolute atomic E-state index is 0.0283. The van der Waals surface area contributed by atoms with Gasteiger partial charge in [-0.15, -0.1) is 0 Å². The number of nitrogens with zero attached hydrogens (tertiary/aromatic N) is 1. The highest BCUT2D eigenvalue weighted by Gasteiger charge is 2.35. The zero-order valence-corrected chi connectivity index (χ0v) is 13.0. The molecule has 1 heterocycles. The first-order valence-electron chi connectivity index (χ1n) is 6.94. The maximum atomic E-state index is 12.2. The Kier molecular flexibility index (Phi) is 4.70. The molecule has 22 heavy (non-hydrogen) atoms. The molecule has 0 radical (unpaired) electrons. The van der Waals surface area contributed by atoms with Crippen LogP contribution in [0.25, 0.3) is 0 Å². The Balaban J connectivity index is 2.06. The summed E-state index contributed by atoms with van der Waals surface area (Å²) in [4.78, 5) is 25.5. The molecule has 1 atom stereocenters. The number of carbonyl (C=O) groups is 2. The topological polar surface area (TPSA) is 104 Å². The Labute approximate surface area is 128 Å². The van der Waals surface area contributed by atoms with Crippen LogP contribution in [0.2, 0.25) is 0 Å². The number of rotatable bonds is 3. The molecule has 2 rings (SSSR count). The van der Waals surface area contributed by atoms with Crippen molar-refractivity contribution in [3.63, 3.8) is 0 Å². The van der Waals surface area contributed by atoms with Crippen LogP contribution in [0.4, 0.5) is 5.69 Å². The second-order valence-electron chi connectivity index (χ2n) is 5.15. The predicted octanol–water partition coefficient (Wildman–Crippen LogP) is 0.366. The van der Waals surface area contributed by atoms with Crippen molar-refractivity contribution >= 4 is 27.3 Å². The van der Waals surface area contributed by atoms with Gasteiger partial charge >= 0.3 is 11.8 Å². The first kappa shape index (κ1) is 16.3. The van der Waals surface area contributed by atoms with Crippen LogP contribution >= 0.6 is 0 Å². The molecule has 0 aromatic heterocycles. The summed E-state index contributed by atoms with van der Waals surface area (Å²) in [5.74, 6) is -1.72. The zero-order valence-electron chi connectivity index (χ0n) is 12.2. The minimum Gasteiger partial charge on any atom is -0.508 e. The third-order valence-electron chi connectivity index (χ3n) is 3.55. The largest absolute Gasteiger partial charge is 0.508 e. The fraction of sp³-hybridized carbons (Fsp3) is 0.429. The quantitative estimate of drug-likeness (QED) is 0.781. The van der Waals surface area contributed by atoms with Gasteiger partial charge in [-0.25, -0.2) is 8.42 Å². The van der Waals surface area contributed by atoms with Crippen molar-refractivity contribution in [2.24, 2.45) is 0 Å². The molecular formula is C14H18N2O5S. The Hall–Kier alpha value is -2.09. The summed E-state index contributed by atoms with van der Waals surface area (Å²) >= 11 is 0. The fourth-order valence-corrected chi connectivity index (χ4v) is 4.22. The molecule has 2 N–H and O–H groups in total. The van der Waals surface area contributed by atoms with Crippen LogP contribution in [0.5, 0.6) is 5.75 Å². The van der Waals surface area contributed by atoms with Crippen LogP contribution in [-0.4, -0.2) is 54.3 Å². The second kappa shape index (κ2) is 6.35. The highest BCUT2D eigenvalue weighted by Crippen LogP contribution is 2.19. The maximum Gasteiger partial charge on any atom is 0.313 e. The number of sulfone groups is 1. The molecule has 8 heteroatoms. The van der Waals surface area contributed by atoms with Gasteiger partial charge in [0.1, 0.15) is 5.75 Å². The molecule has 1 aliphatic heterocycles. The Bertz CT molecular complexity index is 686. The van der Waals surface area contributed by atoms with Crippen LogP contribution in [-0.2, 0) is 19.4 Å². The van der Waals surface area contributed by atoms with Gasteiger partial charge in [0.15, 0.2) is 9.84 Å². The lowest BCUT2D eigenvalue weighted by atomic mass is 10.2. The van der Waals surface area contributed by atoms with Crippen LogP contribution in [0.1, 0.15) is 13.3 Å². The van der Waals surface area contributed by atoms with E-state index in [1.54, 1.807) is 13.0 Å². The average Bonchev–Trinajstić information content (AvgIpc) is 2.79. The van der Waals surface area contributed by atoms with E-state index in [2.05, 4.69) is 5.32 Å². The van der Waals surface area contributed by atoms with Gasteiger partial charge in [-0.3, -0.25) is 9.59 Å². The molecule has 1 fully saturated rings. The molecule has 0 bridgehead atoms. The van der Waals surface area contributed by atoms with Crippen molar-refractivity contribution in [1.82, 2.24) is 4.90 Å². The monoisotopic (exact) mass is 326 g/mol. The molecule has 0 spiro atoms. The van der Waals surface area contributed by atoms with Crippen LogP contribution < -0.4 is 5.32 Å². The van der Waals surface area contributed by atoms with Gasteiger partial charge in [0, 0.05) is 24.3 Å². The SMILES string of the molecule is CCN(C(=O)C(=O)Nc1cccc(O)c1)C1CCS(=O)(=O)C1. The first-order valence-corrected chi connectivity index (χ1v) is 8.76. The van der Waals surface area contributed by atoms with Gasteiger partial charge in [0.2, 0.25) is 0 Å². The van der Waals surface area contributed by atoms with Gasteiger partial charge in [0.05, 0.1) is 11.5 Å². The van der Waals surface area contributed by atoms with E-state index in [4.69, 9.17) is 0 Å². The van der Waals surface area contributed by atoms with Crippen molar-refractivity contribution in [3.8, 4) is 5.75 Å².